The van der Waals surface area contributed by atoms with Crippen LogP contribution >= 0.6 is 35.4 Å². The summed E-state index contributed by atoms with van der Waals surface area (Å²) in [7, 11) is 0. The van der Waals surface area contributed by atoms with Crippen LogP contribution in [-0.4, -0.2) is 4.99 Å². The van der Waals surface area contributed by atoms with Gasteiger partial charge in [-0.2, -0.15) is 0 Å². The molecule has 20 heavy (non-hydrogen) atoms. The van der Waals surface area contributed by atoms with Crippen molar-refractivity contribution in [2.24, 2.45) is 5.73 Å². The van der Waals surface area contributed by atoms with Gasteiger partial charge in [0.15, 0.2) is 0 Å². The number of thiocarbonyl (C=S) groups is 1. The smallest absolute Gasteiger partial charge is 0.124 e. The standard InChI is InChI=1S/C14H11Cl2FN2S/c1-7-2-4-10(15)13(12(7)16)19-11-5-3-8(17)6-9(11)14(18)20/h2-6,19H,1H3,(H2,18,20). The number of hydrogen-bond acceptors (Lipinski definition) is 2. The molecule has 0 fully saturated rings. The molecule has 0 atom stereocenters. The van der Waals surface area contributed by atoms with Crippen LogP contribution in [-0.2, 0) is 0 Å². The van der Waals surface area contributed by atoms with Gasteiger partial charge in [-0.25, -0.2) is 4.39 Å². The molecule has 0 unspecified atom stereocenters. The summed E-state index contributed by atoms with van der Waals surface area (Å²) in [5, 5.41) is 4.01. The van der Waals surface area contributed by atoms with E-state index >= 15 is 0 Å². The van der Waals surface area contributed by atoms with Crippen LogP contribution in [0.1, 0.15) is 11.1 Å². The Bertz CT molecular complexity index is 689. The molecule has 104 valence electrons. The van der Waals surface area contributed by atoms with Crippen LogP contribution in [0.5, 0.6) is 0 Å². The highest BCUT2D eigenvalue weighted by atomic mass is 35.5. The average molecular weight is 329 g/mol. The molecule has 0 aliphatic carbocycles. The van der Waals surface area contributed by atoms with Gasteiger partial charge in [0.1, 0.15) is 10.8 Å². The molecular weight excluding hydrogens is 318 g/mol. The molecule has 0 spiro atoms. The largest absolute Gasteiger partial charge is 0.389 e. The summed E-state index contributed by atoms with van der Waals surface area (Å²) in [5.74, 6) is -0.417. The molecule has 0 saturated heterocycles. The zero-order valence-corrected chi connectivity index (χ0v) is 12.8. The van der Waals surface area contributed by atoms with Crippen LogP contribution in [0.2, 0.25) is 10.0 Å². The third kappa shape index (κ3) is 3.03. The van der Waals surface area contributed by atoms with Gasteiger partial charge >= 0.3 is 0 Å². The summed E-state index contributed by atoms with van der Waals surface area (Å²) >= 11 is 17.3. The number of nitrogens with one attached hydrogen (secondary N) is 1. The molecule has 0 saturated carbocycles. The first-order valence-corrected chi connectivity index (χ1v) is 6.87. The summed E-state index contributed by atoms with van der Waals surface area (Å²) in [5.41, 5.74) is 7.96. The normalized spacial score (nSPS) is 10.4. The van der Waals surface area contributed by atoms with E-state index in [1.54, 1.807) is 12.1 Å². The Hall–Kier alpha value is -1.36. The van der Waals surface area contributed by atoms with Crippen molar-refractivity contribution in [2.75, 3.05) is 5.32 Å². The summed E-state index contributed by atoms with van der Waals surface area (Å²) in [6.07, 6.45) is 0. The maximum atomic E-state index is 13.3. The summed E-state index contributed by atoms with van der Waals surface area (Å²) in [6.45, 7) is 1.86. The van der Waals surface area contributed by atoms with Crippen molar-refractivity contribution < 1.29 is 4.39 Å². The van der Waals surface area contributed by atoms with E-state index < -0.39 is 5.82 Å². The van der Waals surface area contributed by atoms with Crippen molar-refractivity contribution in [3.63, 3.8) is 0 Å². The van der Waals surface area contributed by atoms with Gasteiger partial charge in [0, 0.05) is 11.3 Å². The predicted octanol–water partition coefficient (Wildman–Crippen LogP) is 4.82. The van der Waals surface area contributed by atoms with Crippen LogP contribution in [0.3, 0.4) is 0 Å². The molecule has 2 aromatic rings. The van der Waals surface area contributed by atoms with Gasteiger partial charge in [-0.15, -0.1) is 0 Å². The topological polar surface area (TPSA) is 38.0 Å². The minimum atomic E-state index is -0.417. The quantitative estimate of drug-likeness (QED) is 0.793. The van der Waals surface area contributed by atoms with E-state index in [-0.39, 0.29) is 4.99 Å². The Balaban J connectivity index is 2.51. The second-order valence-electron chi connectivity index (χ2n) is 4.23. The first-order valence-electron chi connectivity index (χ1n) is 5.71. The zero-order valence-electron chi connectivity index (χ0n) is 10.5. The number of nitrogens with two attached hydrogens (primary N) is 1. The highest BCUT2D eigenvalue weighted by Crippen LogP contribution is 2.36. The molecule has 6 heteroatoms. The Morgan fingerprint density at radius 1 is 1.25 bits per heavy atom. The molecule has 0 heterocycles. The number of benzene rings is 2. The zero-order chi connectivity index (χ0) is 14.9. The van der Waals surface area contributed by atoms with Gasteiger partial charge in [0.05, 0.1) is 15.7 Å². The first-order chi connectivity index (χ1) is 9.40. The minimum Gasteiger partial charge on any atom is -0.389 e. The van der Waals surface area contributed by atoms with E-state index in [4.69, 9.17) is 41.2 Å². The predicted molar refractivity (Wildman–Crippen MR) is 86.8 cm³/mol. The van der Waals surface area contributed by atoms with Crippen molar-refractivity contribution in [3.8, 4) is 0 Å². The van der Waals surface area contributed by atoms with E-state index in [1.165, 1.54) is 12.1 Å². The van der Waals surface area contributed by atoms with E-state index in [2.05, 4.69) is 5.32 Å². The third-order valence-corrected chi connectivity index (χ3v) is 3.81. The highest BCUT2D eigenvalue weighted by molar-refractivity contribution is 7.80. The van der Waals surface area contributed by atoms with Crippen LogP contribution in [0, 0.1) is 12.7 Å². The van der Waals surface area contributed by atoms with Gasteiger partial charge in [0.2, 0.25) is 0 Å². The van der Waals surface area contributed by atoms with Gasteiger partial charge in [-0.05, 0) is 36.8 Å². The maximum absolute atomic E-state index is 13.3. The van der Waals surface area contributed by atoms with Crippen LogP contribution in [0.15, 0.2) is 30.3 Å². The summed E-state index contributed by atoms with van der Waals surface area (Å²) < 4.78 is 13.3. The van der Waals surface area contributed by atoms with Crippen molar-refractivity contribution in [1.29, 1.82) is 0 Å². The Kier molecular flexibility index (Phi) is 4.48. The molecule has 0 bridgehead atoms. The van der Waals surface area contributed by atoms with Gasteiger partial charge in [0.25, 0.3) is 0 Å². The molecular formula is C14H11Cl2FN2S. The van der Waals surface area contributed by atoms with Gasteiger partial charge in [-0.1, -0.05) is 41.5 Å². The fraction of sp³-hybridized carbons (Fsp3) is 0.0714. The second-order valence-corrected chi connectivity index (χ2v) is 5.46. The Morgan fingerprint density at radius 3 is 2.60 bits per heavy atom. The molecule has 0 amide bonds. The van der Waals surface area contributed by atoms with E-state index in [0.29, 0.717) is 27.0 Å². The number of hydrogen-bond donors (Lipinski definition) is 2. The van der Waals surface area contributed by atoms with Crippen molar-refractivity contribution >= 4 is 51.8 Å². The first kappa shape index (κ1) is 15.0. The average Bonchev–Trinajstić information content (AvgIpc) is 2.40. The Morgan fingerprint density at radius 2 is 1.95 bits per heavy atom. The SMILES string of the molecule is Cc1ccc(Cl)c(Nc2ccc(F)cc2C(N)=S)c1Cl. The van der Waals surface area contributed by atoms with Gasteiger partial charge in [-0.3, -0.25) is 0 Å². The lowest BCUT2D eigenvalue weighted by Crippen LogP contribution is -2.12. The maximum Gasteiger partial charge on any atom is 0.124 e. The monoisotopic (exact) mass is 328 g/mol. The third-order valence-electron chi connectivity index (χ3n) is 2.79. The van der Waals surface area contributed by atoms with Crippen molar-refractivity contribution in [2.45, 2.75) is 6.92 Å². The molecule has 3 N–H and O–H groups in total. The van der Waals surface area contributed by atoms with Crippen molar-refractivity contribution in [1.82, 2.24) is 0 Å². The van der Waals surface area contributed by atoms with E-state index in [9.17, 15) is 4.39 Å². The lowest BCUT2D eigenvalue weighted by atomic mass is 10.1. The summed E-state index contributed by atoms with van der Waals surface area (Å²) in [6, 6.07) is 7.66. The van der Waals surface area contributed by atoms with E-state index in [0.717, 1.165) is 5.56 Å². The minimum absolute atomic E-state index is 0.0897. The molecule has 0 aromatic heterocycles. The van der Waals surface area contributed by atoms with E-state index in [1.807, 2.05) is 13.0 Å². The van der Waals surface area contributed by atoms with Crippen LogP contribution in [0.25, 0.3) is 0 Å². The van der Waals surface area contributed by atoms with Crippen molar-refractivity contribution in [3.05, 3.63) is 57.3 Å². The molecule has 2 nitrogen and oxygen atoms in total. The molecule has 2 aromatic carbocycles. The highest BCUT2D eigenvalue weighted by Gasteiger charge is 2.12. The number of rotatable bonds is 3. The number of halogens is 3. The second kappa shape index (κ2) is 5.95. The number of aryl methyl sites for hydroxylation is 1. The molecule has 0 aliphatic heterocycles. The fourth-order valence-electron chi connectivity index (χ4n) is 1.74. The molecule has 2 rings (SSSR count). The van der Waals surface area contributed by atoms with Crippen LogP contribution in [0.4, 0.5) is 15.8 Å². The van der Waals surface area contributed by atoms with Gasteiger partial charge < -0.3 is 11.1 Å². The lowest BCUT2D eigenvalue weighted by Gasteiger charge is -2.15. The van der Waals surface area contributed by atoms with Crippen LogP contribution < -0.4 is 11.1 Å². The lowest BCUT2D eigenvalue weighted by molar-refractivity contribution is 0.628. The summed E-state index contributed by atoms with van der Waals surface area (Å²) in [4.78, 5) is 0.0897. The number of anilines is 2. The fourth-order valence-corrected chi connectivity index (χ4v) is 2.37. The molecule has 0 aliphatic rings. The molecule has 0 radical (unpaired) electrons. The Labute approximate surface area is 131 Å².